The van der Waals surface area contributed by atoms with Crippen molar-refractivity contribution in [3.63, 3.8) is 0 Å². The maximum absolute atomic E-state index is 13.7. The highest BCUT2D eigenvalue weighted by Gasteiger charge is 2.14. The van der Waals surface area contributed by atoms with Gasteiger partial charge in [-0.1, -0.05) is 11.6 Å². The lowest BCUT2D eigenvalue weighted by molar-refractivity contribution is 0.602. The van der Waals surface area contributed by atoms with E-state index in [9.17, 15) is 8.78 Å². The average molecular weight is 288 g/mol. The summed E-state index contributed by atoms with van der Waals surface area (Å²) < 4.78 is 27.0. The van der Waals surface area contributed by atoms with E-state index < -0.39 is 11.6 Å². The number of rotatable bonds is 2. The number of anilines is 1. The van der Waals surface area contributed by atoms with Gasteiger partial charge < -0.3 is 5.73 Å². The van der Waals surface area contributed by atoms with Gasteiger partial charge in [0.2, 0.25) is 0 Å². The monoisotopic (exact) mass is 287 g/mol. The maximum atomic E-state index is 13.7. The Morgan fingerprint density at radius 1 is 1.17 bits per heavy atom. The van der Waals surface area contributed by atoms with Gasteiger partial charge >= 0.3 is 0 Å². The quantitative estimate of drug-likeness (QED) is 0.523. The van der Waals surface area contributed by atoms with Crippen LogP contribution in [0.15, 0.2) is 23.2 Å². The number of nitrogens with two attached hydrogens (primary N) is 1. The highest BCUT2D eigenvalue weighted by molar-refractivity contribution is 7.98. The molecule has 0 saturated heterocycles. The topological polar surface area (TPSA) is 51.8 Å². The molecule has 0 saturated carbocycles. The van der Waals surface area contributed by atoms with Crippen LogP contribution in [0.3, 0.4) is 0 Å². The summed E-state index contributed by atoms with van der Waals surface area (Å²) >= 11 is 6.81. The average Bonchev–Trinajstić information content (AvgIpc) is 2.33. The van der Waals surface area contributed by atoms with Crippen molar-refractivity contribution in [1.29, 1.82) is 0 Å². The van der Waals surface area contributed by atoms with E-state index in [1.165, 1.54) is 11.8 Å². The summed E-state index contributed by atoms with van der Waals surface area (Å²) in [5.41, 5.74) is 5.51. The summed E-state index contributed by atoms with van der Waals surface area (Å²) in [6.07, 6.45) is 1.80. The molecule has 7 heteroatoms. The molecule has 0 unspecified atom stereocenters. The van der Waals surface area contributed by atoms with E-state index >= 15 is 0 Å². The van der Waals surface area contributed by atoms with Gasteiger partial charge in [0.1, 0.15) is 22.5 Å². The Bertz CT molecular complexity index is 607. The van der Waals surface area contributed by atoms with Gasteiger partial charge in [0, 0.05) is 6.07 Å². The second kappa shape index (κ2) is 5.07. The van der Waals surface area contributed by atoms with Gasteiger partial charge in [0.05, 0.1) is 10.6 Å². The van der Waals surface area contributed by atoms with Crippen molar-refractivity contribution in [1.82, 2.24) is 9.97 Å². The van der Waals surface area contributed by atoms with Crippen LogP contribution in [0.2, 0.25) is 5.02 Å². The third kappa shape index (κ3) is 2.54. The van der Waals surface area contributed by atoms with Crippen molar-refractivity contribution >= 4 is 29.2 Å². The Kier molecular flexibility index (Phi) is 3.68. The fourth-order valence-electron chi connectivity index (χ4n) is 1.36. The summed E-state index contributed by atoms with van der Waals surface area (Å²) in [6.45, 7) is 0. The fraction of sp³-hybridized carbons (Fsp3) is 0.0909. The number of benzene rings is 1. The molecule has 2 rings (SSSR count). The molecule has 94 valence electrons. The van der Waals surface area contributed by atoms with Crippen LogP contribution in [0.25, 0.3) is 11.4 Å². The third-order valence-corrected chi connectivity index (χ3v) is 3.10. The molecular formula is C11H8ClF2N3S. The SMILES string of the molecule is CSc1cc(N)nc(-c2cc(F)c(Cl)cc2F)n1. The first-order valence-corrected chi connectivity index (χ1v) is 6.45. The van der Waals surface area contributed by atoms with Gasteiger partial charge in [-0.05, 0) is 18.4 Å². The van der Waals surface area contributed by atoms with E-state index in [0.717, 1.165) is 12.1 Å². The van der Waals surface area contributed by atoms with Gasteiger partial charge in [-0.3, -0.25) is 0 Å². The zero-order valence-corrected chi connectivity index (χ0v) is 10.8. The molecule has 0 aliphatic heterocycles. The van der Waals surface area contributed by atoms with Gasteiger partial charge in [-0.15, -0.1) is 11.8 Å². The van der Waals surface area contributed by atoms with Crippen molar-refractivity contribution in [3.8, 4) is 11.4 Å². The number of aromatic nitrogens is 2. The fourth-order valence-corrected chi connectivity index (χ4v) is 1.93. The first-order chi connectivity index (χ1) is 8.51. The standard InChI is InChI=1S/C11H8ClF2N3S/c1-18-10-4-9(15)16-11(17-10)5-2-8(14)6(12)3-7(5)13/h2-4H,1H3,(H2,15,16,17). The predicted octanol–water partition coefficient (Wildman–Crippen LogP) is 3.38. The molecule has 2 aromatic rings. The highest BCUT2D eigenvalue weighted by atomic mass is 35.5. The van der Waals surface area contributed by atoms with Crippen molar-refractivity contribution in [2.24, 2.45) is 0 Å². The highest BCUT2D eigenvalue weighted by Crippen LogP contribution is 2.27. The first kappa shape index (κ1) is 13.0. The number of nitrogens with zero attached hydrogens (tertiary/aromatic N) is 2. The third-order valence-electron chi connectivity index (χ3n) is 2.18. The van der Waals surface area contributed by atoms with Gasteiger partial charge in [-0.2, -0.15) is 0 Å². The molecule has 0 aliphatic rings. The Hall–Kier alpha value is -1.40. The maximum Gasteiger partial charge on any atom is 0.165 e. The molecule has 0 fully saturated rings. The van der Waals surface area contributed by atoms with E-state index in [1.54, 1.807) is 12.3 Å². The van der Waals surface area contributed by atoms with Crippen LogP contribution < -0.4 is 5.73 Å². The van der Waals surface area contributed by atoms with Crippen molar-refractivity contribution in [2.45, 2.75) is 5.03 Å². The van der Waals surface area contributed by atoms with Crippen molar-refractivity contribution in [3.05, 3.63) is 34.9 Å². The van der Waals surface area contributed by atoms with Crippen LogP contribution in [0, 0.1) is 11.6 Å². The zero-order valence-electron chi connectivity index (χ0n) is 9.25. The molecule has 0 amide bonds. The lowest BCUT2D eigenvalue weighted by Crippen LogP contribution is -1.99. The lowest BCUT2D eigenvalue weighted by Gasteiger charge is -2.06. The number of hydrogen-bond donors (Lipinski definition) is 1. The minimum atomic E-state index is -0.732. The van der Waals surface area contributed by atoms with Crippen LogP contribution in [-0.2, 0) is 0 Å². The normalized spacial score (nSPS) is 10.7. The minimum absolute atomic E-state index is 0.0346. The molecule has 0 radical (unpaired) electrons. The molecule has 1 aromatic carbocycles. The Morgan fingerprint density at radius 2 is 1.89 bits per heavy atom. The van der Waals surface area contributed by atoms with E-state index in [1.807, 2.05) is 0 Å². The van der Waals surface area contributed by atoms with Crippen LogP contribution in [0.1, 0.15) is 0 Å². The second-order valence-electron chi connectivity index (χ2n) is 3.40. The Morgan fingerprint density at radius 3 is 2.56 bits per heavy atom. The molecule has 0 aliphatic carbocycles. The molecule has 0 bridgehead atoms. The number of nitrogen functional groups attached to an aromatic ring is 1. The Labute approximate surface area is 111 Å². The molecule has 2 N–H and O–H groups in total. The summed E-state index contributed by atoms with van der Waals surface area (Å²) in [7, 11) is 0. The van der Waals surface area contributed by atoms with Gasteiger partial charge in [0.25, 0.3) is 0 Å². The van der Waals surface area contributed by atoms with Crippen LogP contribution in [0.4, 0.5) is 14.6 Å². The molecule has 1 aromatic heterocycles. The molecule has 3 nitrogen and oxygen atoms in total. The summed E-state index contributed by atoms with van der Waals surface area (Å²) in [5, 5.41) is 0.289. The van der Waals surface area contributed by atoms with Crippen LogP contribution >= 0.6 is 23.4 Å². The number of thioether (sulfide) groups is 1. The van der Waals surface area contributed by atoms with Crippen LogP contribution in [0.5, 0.6) is 0 Å². The summed E-state index contributed by atoms with van der Waals surface area (Å²) in [5.74, 6) is -1.20. The van der Waals surface area contributed by atoms with E-state index in [4.69, 9.17) is 17.3 Å². The molecule has 0 spiro atoms. The minimum Gasteiger partial charge on any atom is -0.384 e. The van der Waals surface area contributed by atoms with Gasteiger partial charge in [0.15, 0.2) is 5.82 Å². The molecule has 1 heterocycles. The Balaban J connectivity index is 2.61. The largest absolute Gasteiger partial charge is 0.384 e. The molecule has 18 heavy (non-hydrogen) atoms. The molecule has 0 atom stereocenters. The summed E-state index contributed by atoms with van der Waals surface area (Å²) in [6, 6.07) is 3.40. The molecular weight excluding hydrogens is 280 g/mol. The smallest absolute Gasteiger partial charge is 0.165 e. The van der Waals surface area contributed by atoms with Crippen LogP contribution in [-0.4, -0.2) is 16.2 Å². The van der Waals surface area contributed by atoms with E-state index in [0.29, 0.717) is 5.03 Å². The van der Waals surface area contributed by atoms with E-state index in [2.05, 4.69) is 9.97 Å². The summed E-state index contributed by atoms with van der Waals surface area (Å²) in [4.78, 5) is 7.96. The predicted molar refractivity (Wildman–Crippen MR) is 68.6 cm³/mol. The lowest BCUT2D eigenvalue weighted by atomic mass is 10.2. The second-order valence-corrected chi connectivity index (χ2v) is 4.64. The van der Waals surface area contributed by atoms with Crippen molar-refractivity contribution < 1.29 is 8.78 Å². The van der Waals surface area contributed by atoms with Crippen molar-refractivity contribution in [2.75, 3.05) is 12.0 Å². The zero-order chi connectivity index (χ0) is 13.3. The van der Waals surface area contributed by atoms with Gasteiger partial charge in [-0.25, -0.2) is 18.7 Å². The number of hydrogen-bond acceptors (Lipinski definition) is 4. The first-order valence-electron chi connectivity index (χ1n) is 4.84. The van der Waals surface area contributed by atoms with E-state index in [-0.39, 0.29) is 22.2 Å². The number of halogens is 3.